The Balaban J connectivity index is -0.000000451. The van der Waals surface area contributed by atoms with Gasteiger partial charge < -0.3 is 50.4 Å². The number of carboxylic acid groups (broad SMARTS) is 2. The van der Waals surface area contributed by atoms with E-state index in [1.807, 2.05) is 0 Å². The van der Waals surface area contributed by atoms with Crippen molar-refractivity contribution in [3.63, 3.8) is 0 Å². The molecule has 0 fully saturated rings. The summed E-state index contributed by atoms with van der Waals surface area (Å²) in [5, 5.41) is 68.0. The molecule has 0 radical (unpaired) electrons. The Kier molecular flexibility index (Phi) is 18.4. The third-order valence-corrected chi connectivity index (χ3v) is 7.19. The Morgan fingerprint density at radius 3 is 1.17 bits per heavy atom. The first-order valence-corrected chi connectivity index (χ1v) is 10.3. The van der Waals surface area contributed by atoms with Crippen LogP contribution in [0.1, 0.15) is 0 Å². The molecule has 17 heteroatoms. The van der Waals surface area contributed by atoms with E-state index in [1.165, 1.54) is 0 Å². The summed E-state index contributed by atoms with van der Waals surface area (Å²) in [6, 6.07) is 0. The summed E-state index contributed by atoms with van der Waals surface area (Å²) in [5.74, 6) is -3.71. The van der Waals surface area contributed by atoms with Crippen molar-refractivity contribution in [2.75, 3.05) is 38.8 Å². The summed E-state index contributed by atoms with van der Waals surface area (Å²) >= 11 is 0. The van der Waals surface area contributed by atoms with Crippen molar-refractivity contribution in [1.82, 2.24) is 0 Å². The van der Waals surface area contributed by atoms with Gasteiger partial charge >= 0.3 is 53.3 Å². The van der Waals surface area contributed by atoms with E-state index in [1.54, 1.807) is 0 Å². The second-order valence-corrected chi connectivity index (χ2v) is 9.37. The van der Waals surface area contributed by atoms with Gasteiger partial charge in [0, 0.05) is 0 Å². The number of nitrogens with two attached hydrogens (primary N) is 2. The van der Waals surface area contributed by atoms with E-state index >= 15 is 0 Å². The Hall–Kier alpha value is 0.0797. The Labute approximate surface area is 197 Å². The van der Waals surface area contributed by atoms with Gasteiger partial charge in [-0.05, 0) is 0 Å². The zero-order valence-corrected chi connectivity index (χ0v) is 19.3. The molecule has 0 aromatic rings. The molecule has 4 unspecified atom stereocenters. The van der Waals surface area contributed by atoms with Crippen molar-refractivity contribution in [1.29, 1.82) is 0 Å². The van der Waals surface area contributed by atoms with E-state index in [0.717, 1.165) is 0 Å². The van der Waals surface area contributed by atoms with Gasteiger partial charge in [0.25, 0.3) is 10.6 Å². The predicted octanol–water partition coefficient (Wildman–Crippen LogP) is -7.25. The summed E-state index contributed by atoms with van der Waals surface area (Å²) in [6.07, 6.45) is -3.66. The third kappa shape index (κ3) is 10.8. The van der Waals surface area contributed by atoms with Gasteiger partial charge in [-0.25, -0.2) is 0 Å². The Bertz CT molecular complexity index is 523. The summed E-state index contributed by atoms with van der Waals surface area (Å²) in [5.41, 5.74) is 10.2. The second kappa shape index (κ2) is 15.8. The molecule has 6 atom stereocenters. The van der Waals surface area contributed by atoms with Gasteiger partial charge in [0.1, 0.15) is 37.4 Å². The van der Waals surface area contributed by atoms with E-state index in [2.05, 4.69) is 0 Å². The van der Waals surface area contributed by atoms with Crippen LogP contribution in [0.25, 0.3) is 0 Å². The van der Waals surface area contributed by atoms with Crippen LogP contribution in [-0.4, -0.2) is 142 Å². The monoisotopic (exact) mass is 490 g/mol. The molecule has 0 aliphatic heterocycles. The van der Waals surface area contributed by atoms with Gasteiger partial charge in [-0.2, -0.15) is 0 Å². The van der Waals surface area contributed by atoms with Crippen molar-refractivity contribution >= 4 is 65.3 Å². The normalized spacial score (nSPS) is 17.8. The quantitative estimate of drug-likeness (QED) is 0.0931. The largest absolute Gasteiger partial charge is 2.00 e. The van der Waals surface area contributed by atoms with Crippen molar-refractivity contribution in [3.8, 4) is 0 Å². The molecule has 0 bridgehead atoms. The SMILES string of the molecule is N[C@@](CO)(C(=O)[O-])[P+](=O)CC(O)CO.N[C@@](CO)(C(=O)[O-])[P+](=O)CC(O)CO.[Ca+2]. The van der Waals surface area contributed by atoms with Crippen LogP contribution in [0.4, 0.5) is 0 Å². The minimum absolute atomic E-state index is 0. The van der Waals surface area contributed by atoms with Crippen molar-refractivity contribution in [2.24, 2.45) is 11.5 Å². The number of carbonyl (C=O) groups is 2. The number of hydrogen-bond acceptors (Lipinski definition) is 14. The summed E-state index contributed by atoms with van der Waals surface area (Å²) < 4.78 is 22.6. The van der Waals surface area contributed by atoms with Crippen LogP contribution in [0.5, 0.6) is 0 Å². The first-order valence-electron chi connectivity index (χ1n) is 7.46. The topological polar surface area (TPSA) is 288 Å². The van der Waals surface area contributed by atoms with Gasteiger partial charge in [-0.1, -0.05) is 9.13 Å². The standard InChI is InChI=1S/2C6H12NO6P.Ca/c2*7-6(3-9,5(11)12)14(13)2-4(10)1-8;/h2*4,8-10H,1-3,7H2;/q;;+2/t2*4?,6-;/m11./s1. The molecule has 0 aromatic carbocycles. The summed E-state index contributed by atoms with van der Waals surface area (Å²) in [4.78, 5) is 20.9. The fourth-order valence-electron chi connectivity index (χ4n) is 1.31. The number of hydrogen-bond donors (Lipinski definition) is 8. The molecular formula is C12H24CaN2O12P2+2. The maximum atomic E-state index is 11.3. The Morgan fingerprint density at radius 1 is 0.793 bits per heavy atom. The molecule has 164 valence electrons. The first-order chi connectivity index (χ1) is 12.8. The maximum absolute atomic E-state index is 11.3. The molecule has 0 aliphatic carbocycles. The minimum atomic E-state index is -2.61. The van der Waals surface area contributed by atoms with Gasteiger partial charge in [0.2, 0.25) is 0 Å². The number of aliphatic hydroxyl groups is 6. The van der Waals surface area contributed by atoms with E-state index in [9.17, 15) is 28.9 Å². The zero-order valence-electron chi connectivity index (χ0n) is 15.3. The smallest absolute Gasteiger partial charge is 0.544 e. The van der Waals surface area contributed by atoms with Crippen molar-refractivity contribution in [3.05, 3.63) is 0 Å². The van der Waals surface area contributed by atoms with E-state index in [0.29, 0.717) is 0 Å². The third-order valence-electron chi connectivity index (χ3n) is 3.25. The number of aliphatic hydroxyl groups excluding tert-OH is 6. The average molecular weight is 490 g/mol. The number of carboxylic acids is 2. The number of aliphatic carboxylic acids is 2. The van der Waals surface area contributed by atoms with Gasteiger partial charge in [-0.3, -0.25) is 11.5 Å². The minimum Gasteiger partial charge on any atom is -0.544 e. The van der Waals surface area contributed by atoms with E-state index in [-0.39, 0.29) is 37.7 Å². The van der Waals surface area contributed by atoms with Crippen LogP contribution in [-0.2, 0) is 18.7 Å². The average Bonchev–Trinajstić information content (AvgIpc) is 2.65. The number of carbonyl (C=O) groups excluding carboxylic acids is 2. The van der Waals surface area contributed by atoms with Crippen molar-refractivity contribution in [2.45, 2.75) is 22.8 Å². The number of rotatable bonds is 12. The molecule has 0 rings (SSSR count). The zero-order chi connectivity index (χ0) is 22.7. The molecule has 10 N–H and O–H groups in total. The first kappa shape index (κ1) is 33.7. The van der Waals surface area contributed by atoms with Crippen LogP contribution >= 0.6 is 15.6 Å². The molecule has 0 spiro atoms. The molecule has 0 aromatic heterocycles. The van der Waals surface area contributed by atoms with E-state index < -0.39 is 89.1 Å². The molecule has 14 nitrogen and oxygen atoms in total. The van der Waals surface area contributed by atoms with Crippen LogP contribution in [0.3, 0.4) is 0 Å². The molecular weight excluding hydrogens is 466 g/mol. The molecule has 0 heterocycles. The Morgan fingerprint density at radius 2 is 1.03 bits per heavy atom. The van der Waals surface area contributed by atoms with Crippen LogP contribution in [0.15, 0.2) is 0 Å². The van der Waals surface area contributed by atoms with Gasteiger partial charge in [0.05, 0.1) is 13.2 Å². The summed E-state index contributed by atoms with van der Waals surface area (Å²) in [6.45, 7) is -3.42. The van der Waals surface area contributed by atoms with Gasteiger partial charge in [0.15, 0.2) is 12.3 Å². The molecule has 0 saturated carbocycles. The molecule has 29 heavy (non-hydrogen) atoms. The van der Waals surface area contributed by atoms with Crippen molar-refractivity contribution < 1.29 is 59.6 Å². The van der Waals surface area contributed by atoms with E-state index in [4.69, 9.17) is 42.1 Å². The molecule has 0 aliphatic rings. The van der Waals surface area contributed by atoms with Crippen LogP contribution in [0.2, 0.25) is 0 Å². The fraction of sp³-hybridized carbons (Fsp3) is 0.833. The summed E-state index contributed by atoms with van der Waals surface area (Å²) in [7, 11) is -5.21. The fourth-order valence-corrected chi connectivity index (χ4v) is 3.69. The maximum Gasteiger partial charge on any atom is 2.00 e. The van der Waals surface area contributed by atoms with Crippen LogP contribution < -0.4 is 21.7 Å². The van der Waals surface area contributed by atoms with Gasteiger partial charge in [-0.15, -0.1) is 0 Å². The molecule has 0 amide bonds. The predicted molar refractivity (Wildman–Crippen MR) is 94.9 cm³/mol. The second-order valence-electron chi connectivity index (χ2n) is 5.53. The van der Waals surface area contributed by atoms with Crippen LogP contribution in [0, 0.1) is 0 Å². The molecule has 0 saturated heterocycles.